The maximum Gasteiger partial charge on any atom is 0.239 e. The number of hydrogen-bond acceptors (Lipinski definition) is 5. The summed E-state index contributed by atoms with van der Waals surface area (Å²) in [4.78, 5) is 21.3. The van der Waals surface area contributed by atoms with Crippen molar-refractivity contribution >= 4 is 17.5 Å². The fourth-order valence-corrected chi connectivity index (χ4v) is 1.33. The molecule has 86 valence electrons. The predicted octanol–water partition coefficient (Wildman–Crippen LogP) is -0.226. The minimum Gasteiger partial charge on any atom is -0.382 e. The number of likely N-dealkylation sites (N-methyl/N-ethyl adjacent to an activating group) is 1. The highest BCUT2D eigenvalue weighted by molar-refractivity contribution is 5.81. The molecule has 1 aromatic rings. The molecular weight excluding hydrogens is 206 g/mol. The van der Waals surface area contributed by atoms with E-state index in [0.717, 1.165) is 12.8 Å². The lowest BCUT2D eigenvalue weighted by atomic mass is 10.4. The number of rotatable bonds is 4. The van der Waals surface area contributed by atoms with E-state index in [1.807, 2.05) is 0 Å². The van der Waals surface area contributed by atoms with Gasteiger partial charge in [-0.15, -0.1) is 0 Å². The van der Waals surface area contributed by atoms with Gasteiger partial charge in [-0.05, 0) is 12.8 Å². The van der Waals surface area contributed by atoms with E-state index in [9.17, 15) is 4.79 Å². The van der Waals surface area contributed by atoms with Crippen molar-refractivity contribution in [2.24, 2.45) is 0 Å². The lowest BCUT2D eigenvalue weighted by molar-refractivity contribution is -0.119. The molecule has 1 aromatic heterocycles. The summed E-state index contributed by atoms with van der Waals surface area (Å²) in [5.41, 5.74) is 5.43. The molecule has 6 nitrogen and oxygen atoms in total. The Morgan fingerprint density at radius 1 is 1.56 bits per heavy atom. The van der Waals surface area contributed by atoms with Crippen LogP contribution in [0.5, 0.6) is 0 Å². The smallest absolute Gasteiger partial charge is 0.239 e. The Morgan fingerprint density at radius 2 is 2.31 bits per heavy atom. The third-order valence-corrected chi connectivity index (χ3v) is 2.37. The van der Waals surface area contributed by atoms with Gasteiger partial charge in [0, 0.05) is 13.1 Å². The third kappa shape index (κ3) is 2.82. The Bertz CT molecular complexity index is 373. The van der Waals surface area contributed by atoms with Crippen LogP contribution in [0.3, 0.4) is 0 Å². The second kappa shape index (κ2) is 4.34. The van der Waals surface area contributed by atoms with Crippen LogP contribution in [-0.2, 0) is 4.79 Å². The molecule has 1 heterocycles. The quantitative estimate of drug-likeness (QED) is 0.734. The summed E-state index contributed by atoms with van der Waals surface area (Å²) in [5, 5.41) is 2.91. The maximum atomic E-state index is 11.5. The zero-order valence-corrected chi connectivity index (χ0v) is 9.18. The molecule has 1 aliphatic rings. The van der Waals surface area contributed by atoms with Gasteiger partial charge in [-0.2, -0.15) is 0 Å². The van der Waals surface area contributed by atoms with Crippen LogP contribution in [0.1, 0.15) is 12.8 Å². The number of carbonyl (C=O) groups excluding carboxylic acids is 1. The molecule has 3 N–H and O–H groups in total. The van der Waals surface area contributed by atoms with Crippen LogP contribution in [-0.4, -0.2) is 35.5 Å². The normalized spacial score (nSPS) is 14.6. The van der Waals surface area contributed by atoms with Crippen LogP contribution in [0.25, 0.3) is 0 Å². The highest BCUT2D eigenvalue weighted by Gasteiger charge is 2.23. The van der Waals surface area contributed by atoms with E-state index in [-0.39, 0.29) is 12.5 Å². The monoisotopic (exact) mass is 221 g/mol. The molecule has 0 spiro atoms. The number of aromatic nitrogens is 2. The molecule has 0 unspecified atom stereocenters. The number of nitrogens with two attached hydrogens (primary N) is 1. The number of hydrogen-bond donors (Lipinski definition) is 2. The molecule has 0 atom stereocenters. The van der Waals surface area contributed by atoms with Crippen LogP contribution in [0, 0.1) is 0 Å². The van der Waals surface area contributed by atoms with Crippen LogP contribution in [0.15, 0.2) is 12.4 Å². The summed E-state index contributed by atoms with van der Waals surface area (Å²) in [7, 11) is 1.80. The lowest BCUT2D eigenvalue weighted by Crippen LogP contribution is -2.36. The van der Waals surface area contributed by atoms with Gasteiger partial charge >= 0.3 is 0 Å². The molecule has 0 aromatic carbocycles. The average molecular weight is 221 g/mol. The van der Waals surface area contributed by atoms with E-state index < -0.39 is 0 Å². The molecule has 16 heavy (non-hydrogen) atoms. The Labute approximate surface area is 93.9 Å². The number of nitrogens with one attached hydrogen (secondary N) is 1. The zero-order valence-electron chi connectivity index (χ0n) is 9.18. The van der Waals surface area contributed by atoms with E-state index in [1.165, 1.54) is 6.20 Å². The summed E-state index contributed by atoms with van der Waals surface area (Å²) < 4.78 is 0. The van der Waals surface area contributed by atoms with E-state index in [2.05, 4.69) is 15.3 Å². The molecule has 0 bridgehead atoms. The predicted molar refractivity (Wildman–Crippen MR) is 60.9 cm³/mol. The molecule has 1 aliphatic carbocycles. The van der Waals surface area contributed by atoms with Crippen LogP contribution in [0.4, 0.5) is 11.6 Å². The van der Waals surface area contributed by atoms with Crippen LogP contribution >= 0.6 is 0 Å². The van der Waals surface area contributed by atoms with Crippen molar-refractivity contribution in [1.29, 1.82) is 0 Å². The average Bonchev–Trinajstić information content (AvgIpc) is 3.02. The second-order valence-corrected chi connectivity index (χ2v) is 4.00. The standard InChI is InChI=1S/C10H15N5O/c1-15(6-10(16)14-7-2-3-7)9-5-12-8(11)4-13-9/h4-5,7H,2-3,6H2,1H3,(H2,11,12)(H,14,16). The van der Waals surface area contributed by atoms with Gasteiger partial charge < -0.3 is 16.0 Å². The fraction of sp³-hybridized carbons (Fsp3) is 0.500. The van der Waals surface area contributed by atoms with Gasteiger partial charge in [-0.3, -0.25) is 4.79 Å². The highest BCUT2D eigenvalue weighted by atomic mass is 16.2. The SMILES string of the molecule is CN(CC(=O)NC1CC1)c1cnc(N)cn1. The van der Waals surface area contributed by atoms with E-state index in [1.54, 1.807) is 18.1 Å². The number of nitrogen functional groups attached to an aromatic ring is 1. The highest BCUT2D eigenvalue weighted by Crippen LogP contribution is 2.18. The minimum atomic E-state index is 0.0172. The van der Waals surface area contributed by atoms with Gasteiger partial charge in [-0.1, -0.05) is 0 Å². The minimum absolute atomic E-state index is 0.0172. The molecule has 1 fully saturated rings. The second-order valence-electron chi connectivity index (χ2n) is 4.00. The largest absolute Gasteiger partial charge is 0.382 e. The number of nitrogens with zero attached hydrogens (tertiary/aromatic N) is 3. The van der Waals surface area contributed by atoms with E-state index in [4.69, 9.17) is 5.73 Å². The van der Waals surface area contributed by atoms with E-state index >= 15 is 0 Å². The third-order valence-electron chi connectivity index (χ3n) is 2.37. The number of amides is 1. The van der Waals surface area contributed by atoms with Crippen molar-refractivity contribution in [2.75, 3.05) is 24.2 Å². The fourth-order valence-electron chi connectivity index (χ4n) is 1.33. The molecule has 0 aliphatic heterocycles. The Balaban J connectivity index is 1.88. The van der Waals surface area contributed by atoms with Gasteiger partial charge in [0.1, 0.15) is 11.6 Å². The molecule has 1 saturated carbocycles. The van der Waals surface area contributed by atoms with Crippen molar-refractivity contribution in [1.82, 2.24) is 15.3 Å². The molecular formula is C10H15N5O. The first kappa shape index (κ1) is 10.7. The molecule has 0 saturated heterocycles. The molecule has 2 rings (SSSR count). The first-order valence-corrected chi connectivity index (χ1v) is 5.23. The van der Waals surface area contributed by atoms with Gasteiger partial charge in [0.25, 0.3) is 0 Å². The summed E-state index contributed by atoms with van der Waals surface area (Å²) in [6, 6.07) is 0.387. The van der Waals surface area contributed by atoms with Gasteiger partial charge in [0.05, 0.1) is 18.9 Å². The zero-order chi connectivity index (χ0) is 11.5. The molecule has 6 heteroatoms. The lowest BCUT2D eigenvalue weighted by Gasteiger charge is -2.16. The van der Waals surface area contributed by atoms with Crippen molar-refractivity contribution in [2.45, 2.75) is 18.9 Å². The number of anilines is 2. The topological polar surface area (TPSA) is 84.1 Å². The molecule has 1 amide bonds. The Kier molecular flexibility index (Phi) is 2.89. The van der Waals surface area contributed by atoms with Crippen LogP contribution < -0.4 is 16.0 Å². The van der Waals surface area contributed by atoms with Crippen molar-refractivity contribution < 1.29 is 4.79 Å². The van der Waals surface area contributed by atoms with Gasteiger partial charge in [0.15, 0.2) is 0 Å². The first-order chi connectivity index (χ1) is 7.65. The summed E-state index contributed by atoms with van der Waals surface area (Å²) >= 11 is 0. The summed E-state index contributed by atoms with van der Waals surface area (Å²) in [6.45, 7) is 0.287. The van der Waals surface area contributed by atoms with Gasteiger partial charge in [0.2, 0.25) is 5.91 Å². The summed E-state index contributed by atoms with van der Waals surface area (Å²) in [6.07, 6.45) is 5.22. The Morgan fingerprint density at radius 3 is 2.88 bits per heavy atom. The van der Waals surface area contributed by atoms with Crippen molar-refractivity contribution in [3.63, 3.8) is 0 Å². The summed E-state index contributed by atoms with van der Waals surface area (Å²) in [5.74, 6) is 1.03. The number of carbonyl (C=O) groups is 1. The molecule has 0 radical (unpaired) electrons. The maximum absolute atomic E-state index is 11.5. The van der Waals surface area contributed by atoms with Crippen molar-refractivity contribution in [3.05, 3.63) is 12.4 Å². The van der Waals surface area contributed by atoms with E-state index in [0.29, 0.717) is 17.7 Å². The first-order valence-electron chi connectivity index (χ1n) is 5.23. The Hall–Kier alpha value is -1.85. The van der Waals surface area contributed by atoms with Gasteiger partial charge in [-0.25, -0.2) is 9.97 Å². The van der Waals surface area contributed by atoms with Crippen molar-refractivity contribution in [3.8, 4) is 0 Å². The van der Waals surface area contributed by atoms with Crippen LogP contribution in [0.2, 0.25) is 0 Å².